The average molecular weight is 280 g/mol. The highest BCUT2D eigenvalue weighted by molar-refractivity contribution is 5.69. The molecule has 0 aliphatic rings. The van der Waals surface area contributed by atoms with Crippen molar-refractivity contribution >= 4 is 17.1 Å². The van der Waals surface area contributed by atoms with Gasteiger partial charge in [0.25, 0.3) is 6.43 Å². The molecule has 2 nitrogen and oxygen atoms in total. The molecule has 2 rings (SSSR count). The van der Waals surface area contributed by atoms with Crippen molar-refractivity contribution in [3.05, 3.63) is 53.8 Å². The van der Waals surface area contributed by atoms with Gasteiger partial charge in [-0.2, -0.15) is 0 Å². The van der Waals surface area contributed by atoms with Gasteiger partial charge in [0.1, 0.15) is 5.82 Å². The first kappa shape index (κ1) is 14.2. The van der Waals surface area contributed by atoms with E-state index in [1.807, 2.05) is 6.92 Å². The summed E-state index contributed by atoms with van der Waals surface area (Å²) in [5.41, 5.74) is 6.54. The first-order valence-electron chi connectivity index (χ1n) is 6.23. The SMILES string of the molecule is CCN(c1cccc(F)c1)c1ccc(N)cc1C(F)F. The molecule has 20 heavy (non-hydrogen) atoms. The van der Waals surface area contributed by atoms with Gasteiger partial charge >= 0.3 is 0 Å². The first-order valence-corrected chi connectivity index (χ1v) is 6.23. The molecule has 0 aromatic heterocycles. The third-order valence-electron chi connectivity index (χ3n) is 3.01. The van der Waals surface area contributed by atoms with E-state index in [1.165, 1.54) is 24.3 Å². The Morgan fingerprint density at radius 3 is 2.50 bits per heavy atom. The summed E-state index contributed by atoms with van der Waals surface area (Å²) in [5, 5.41) is 0. The van der Waals surface area contributed by atoms with Gasteiger partial charge in [0.05, 0.1) is 5.69 Å². The molecule has 106 valence electrons. The minimum atomic E-state index is -2.64. The zero-order chi connectivity index (χ0) is 14.7. The fourth-order valence-corrected chi connectivity index (χ4v) is 2.13. The summed E-state index contributed by atoms with van der Waals surface area (Å²) in [5.74, 6) is -0.407. The van der Waals surface area contributed by atoms with E-state index in [9.17, 15) is 13.2 Å². The molecule has 0 aliphatic carbocycles. The van der Waals surface area contributed by atoms with Crippen LogP contribution in [0.4, 0.5) is 30.2 Å². The predicted octanol–water partition coefficient (Wildman–Crippen LogP) is 4.50. The van der Waals surface area contributed by atoms with Gasteiger partial charge in [-0.15, -0.1) is 0 Å². The third kappa shape index (κ3) is 2.87. The summed E-state index contributed by atoms with van der Waals surface area (Å²) in [7, 11) is 0. The topological polar surface area (TPSA) is 29.3 Å². The molecule has 0 amide bonds. The van der Waals surface area contributed by atoms with E-state index in [0.29, 0.717) is 17.9 Å². The van der Waals surface area contributed by atoms with Crippen LogP contribution in [-0.2, 0) is 0 Å². The number of hydrogen-bond donors (Lipinski definition) is 1. The van der Waals surface area contributed by atoms with Crippen LogP contribution in [0.25, 0.3) is 0 Å². The van der Waals surface area contributed by atoms with E-state index < -0.39 is 12.2 Å². The largest absolute Gasteiger partial charge is 0.399 e. The smallest absolute Gasteiger partial charge is 0.265 e. The van der Waals surface area contributed by atoms with Crippen LogP contribution in [0.3, 0.4) is 0 Å². The van der Waals surface area contributed by atoms with Crippen LogP contribution in [0.2, 0.25) is 0 Å². The van der Waals surface area contributed by atoms with Gasteiger partial charge in [0.2, 0.25) is 0 Å². The fourth-order valence-electron chi connectivity index (χ4n) is 2.13. The molecule has 5 heteroatoms. The lowest BCUT2D eigenvalue weighted by molar-refractivity contribution is 0.152. The fraction of sp³-hybridized carbons (Fsp3) is 0.200. The standard InChI is InChI=1S/C15H15F3N2/c1-2-20(12-5-3-4-10(16)8-12)14-7-6-11(19)9-13(14)15(17)18/h3-9,15H,2,19H2,1H3. The molecule has 0 fully saturated rings. The zero-order valence-corrected chi connectivity index (χ0v) is 11.0. The number of nitrogens with zero attached hydrogens (tertiary/aromatic N) is 1. The molecule has 0 saturated heterocycles. The van der Waals surface area contributed by atoms with Crippen molar-refractivity contribution in [3.8, 4) is 0 Å². The molecular formula is C15H15F3N2. The maximum atomic E-state index is 13.3. The summed E-state index contributed by atoms with van der Waals surface area (Å²) in [6.45, 7) is 2.25. The maximum Gasteiger partial charge on any atom is 0.265 e. The second kappa shape index (κ2) is 5.86. The van der Waals surface area contributed by atoms with Gasteiger partial charge in [-0.3, -0.25) is 0 Å². The van der Waals surface area contributed by atoms with E-state index >= 15 is 0 Å². The summed E-state index contributed by atoms with van der Waals surface area (Å²) in [6.07, 6.45) is -2.64. The number of nitrogens with two attached hydrogens (primary N) is 1. The molecule has 0 spiro atoms. The van der Waals surface area contributed by atoms with Crippen molar-refractivity contribution in [1.82, 2.24) is 0 Å². The molecule has 0 saturated carbocycles. The summed E-state index contributed by atoms with van der Waals surface area (Å²) >= 11 is 0. The van der Waals surface area contributed by atoms with Crippen LogP contribution in [0, 0.1) is 5.82 Å². The zero-order valence-electron chi connectivity index (χ0n) is 11.0. The first-order chi connectivity index (χ1) is 9.52. The Kier molecular flexibility index (Phi) is 4.17. The Balaban J connectivity index is 2.52. The van der Waals surface area contributed by atoms with E-state index in [2.05, 4.69) is 0 Å². The summed E-state index contributed by atoms with van der Waals surface area (Å²) in [6, 6.07) is 10.2. The molecule has 0 atom stereocenters. The second-order valence-corrected chi connectivity index (χ2v) is 4.34. The quantitative estimate of drug-likeness (QED) is 0.835. The molecule has 2 aromatic carbocycles. The lowest BCUT2D eigenvalue weighted by atomic mass is 10.1. The number of hydrogen-bond acceptors (Lipinski definition) is 2. The molecule has 2 N–H and O–H groups in total. The van der Waals surface area contributed by atoms with Crippen LogP contribution in [-0.4, -0.2) is 6.54 Å². The van der Waals surface area contributed by atoms with Crippen molar-refractivity contribution in [2.45, 2.75) is 13.3 Å². The van der Waals surface area contributed by atoms with E-state index in [-0.39, 0.29) is 11.3 Å². The van der Waals surface area contributed by atoms with Gasteiger partial charge in [-0.25, -0.2) is 13.2 Å². The Morgan fingerprint density at radius 1 is 1.15 bits per heavy atom. The average Bonchev–Trinajstić information content (AvgIpc) is 2.41. The van der Waals surface area contributed by atoms with Gasteiger partial charge in [0, 0.05) is 23.5 Å². The Labute approximate surface area is 115 Å². The normalized spacial score (nSPS) is 10.8. The van der Waals surface area contributed by atoms with Crippen LogP contribution < -0.4 is 10.6 Å². The molecule has 0 radical (unpaired) electrons. The number of nitrogen functional groups attached to an aromatic ring is 1. The number of alkyl halides is 2. The van der Waals surface area contributed by atoms with Crippen LogP contribution >= 0.6 is 0 Å². The second-order valence-electron chi connectivity index (χ2n) is 4.34. The van der Waals surface area contributed by atoms with Crippen molar-refractivity contribution in [3.63, 3.8) is 0 Å². The van der Waals surface area contributed by atoms with Crippen LogP contribution in [0.1, 0.15) is 18.9 Å². The summed E-state index contributed by atoms with van der Waals surface area (Å²) in [4.78, 5) is 1.63. The number of anilines is 3. The van der Waals surface area contributed by atoms with Crippen molar-refractivity contribution in [2.24, 2.45) is 0 Å². The van der Waals surface area contributed by atoms with E-state index in [0.717, 1.165) is 0 Å². The highest BCUT2D eigenvalue weighted by atomic mass is 19.3. The highest BCUT2D eigenvalue weighted by Gasteiger charge is 2.18. The van der Waals surface area contributed by atoms with Crippen LogP contribution in [0.15, 0.2) is 42.5 Å². The Hall–Kier alpha value is -2.17. The highest BCUT2D eigenvalue weighted by Crippen LogP contribution is 2.35. The lowest BCUT2D eigenvalue weighted by Crippen LogP contribution is -2.18. The van der Waals surface area contributed by atoms with Crippen molar-refractivity contribution < 1.29 is 13.2 Å². The van der Waals surface area contributed by atoms with Gasteiger partial charge in [-0.05, 0) is 43.3 Å². The van der Waals surface area contributed by atoms with Crippen molar-refractivity contribution in [2.75, 3.05) is 17.2 Å². The minimum absolute atomic E-state index is 0.156. The Morgan fingerprint density at radius 2 is 1.90 bits per heavy atom. The third-order valence-corrected chi connectivity index (χ3v) is 3.01. The van der Waals surface area contributed by atoms with E-state index in [4.69, 9.17) is 5.73 Å². The minimum Gasteiger partial charge on any atom is -0.399 e. The molecular weight excluding hydrogens is 265 g/mol. The molecule has 0 aliphatic heterocycles. The summed E-state index contributed by atoms with van der Waals surface area (Å²) < 4.78 is 39.6. The van der Waals surface area contributed by atoms with Gasteiger partial charge < -0.3 is 10.6 Å². The van der Waals surface area contributed by atoms with Gasteiger partial charge in [-0.1, -0.05) is 6.07 Å². The lowest BCUT2D eigenvalue weighted by Gasteiger charge is -2.26. The number of rotatable bonds is 4. The van der Waals surface area contributed by atoms with E-state index in [1.54, 1.807) is 23.1 Å². The molecule has 0 bridgehead atoms. The van der Waals surface area contributed by atoms with Gasteiger partial charge in [0.15, 0.2) is 0 Å². The molecule has 0 unspecified atom stereocenters. The monoisotopic (exact) mass is 280 g/mol. The predicted molar refractivity (Wildman–Crippen MR) is 74.9 cm³/mol. The molecule has 2 aromatic rings. The Bertz CT molecular complexity index is 599. The van der Waals surface area contributed by atoms with Crippen LogP contribution in [0.5, 0.6) is 0 Å². The number of benzene rings is 2. The number of halogens is 3. The maximum absolute atomic E-state index is 13.3. The van der Waals surface area contributed by atoms with Crippen molar-refractivity contribution in [1.29, 1.82) is 0 Å². The molecule has 0 heterocycles.